The van der Waals surface area contributed by atoms with Crippen molar-refractivity contribution in [1.82, 2.24) is 9.88 Å². The average molecular weight is 387 g/mol. The van der Waals surface area contributed by atoms with Crippen molar-refractivity contribution in [1.29, 1.82) is 0 Å². The zero-order valence-electron chi connectivity index (χ0n) is 15.7. The topological polar surface area (TPSA) is 91.6 Å². The highest BCUT2D eigenvalue weighted by molar-refractivity contribution is 5.93. The number of rotatable bonds is 4. The van der Waals surface area contributed by atoms with Gasteiger partial charge in [-0.1, -0.05) is 0 Å². The third-order valence-corrected chi connectivity index (χ3v) is 5.56. The first-order chi connectivity index (χ1) is 13.3. The molecule has 28 heavy (non-hydrogen) atoms. The van der Waals surface area contributed by atoms with Gasteiger partial charge < -0.3 is 19.9 Å². The summed E-state index contributed by atoms with van der Waals surface area (Å²) in [6.07, 6.45) is 3.87. The van der Waals surface area contributed by atoms with Gasteiger partial charge in [0, 0.05) is 43.2 Å². The Balaban J connectivity index is 1.83. The second-order valence-electron chi connectivity index (χ2n) is 7.77. The van der Waals surface area contributed by atoms with Crippen LogP contribution in [0.4, 0.5) is 10.1 Å². The number of carboxylic acids is 1. The van der Waals surface area contributed by atoms with E-state index in [0.717, 1.165) is 18.9 Å². The molecule has 2 atom stereocenters. The van der Waals surface area contributed by atoms with Gasteiger partial charge >= 0.3 is 5.97 Å². The van der Waals surface area contributed by atoms with Crippen LogP contribution in [0.15, 0.2) is 23.1 Å². The number of halogens is 1. The van der Waals surface area contributed by atoms with Gasteiger partial charge in [0.25, 0.3) is 0 Å². The number of nitrogens with one attached hydrogen (secondary N) is 1. The molecule has 1 saturated carbocycles. The second kappa shape index (κ2) is 6.61. The largest absolute Gasteiger partial charge is 0.477 e. The van der Waals surface area contributed by atoms with Crippen molar-refractivity contribution in [2.24, 2.45) is 0 Å². The number of aromatic nitrogens is 1. The molecule has 4 rings (SSSR count). The van der Waals surface area contributed by atoms with Crippen LogP contribution in [0.5, 0.6) is 0 Å². The minimum Gasteiger partial charge on any atom is -0.477 e. The smallest absolute Gasteiger partial charge is 0.341 e. The van der Waals surface area contributed by atoms with Crippen LogP contribution < -0.4 is 15.6 Å². The van der Waals surface area contributed by atoms with E-state index in [1.807, 2.05) is 11.8 Å². The Morgan fingerprint density at radius 2 is 2.00 bits per heavy atom. The van der Waals surface area contributed by atoms with Crippen LogP contribution in [0.2, 0.25) is 0 Å². The highest BCUT2D eigenvalue weighted by atomic mass is 19.1. The summed E-state index contributed by atoms with van der Waals surface area (Å²) in [5, 5.41) is 12.3. The van der Waals surface area contributed by atoms with E-state index in [2.05, 4.69) is 5.32 Å². The minimum atomic E-state index is -1.31. The molecule has 2 aromatic rings. The number of carbonyl (C=O) groups is 2. The van der Waals surface area contributed by atoms with E-state index < -0.39 is 17.2 Å². The fourth-order valence-corrected chi connectivity index (χ4v) is 4.14. The van der Waals surface area contributed by atoms with Crippen LogP contribution in [0.1, 0.15) is 49.5 Å². The van der Waals surface area contributed by atoms with Crippen molar-refractivity contribution < 1.29 is 19.1 Å². The number of fused-ring (bicyclic) bond motifs is 1. The van der Waals surface area contributed by atoms with Gasteiger partial charge in [0.15, 0.2) is 0 Å². The van der Waals surface area contributed by atoms with Crippen molar-refractivity contribution in [2.45, 2.75) is 51.2 Å². The number of pyridine rings is 1. The van der Waals surface area contributed by atoms with Crippen molar-refractivity contribution in [3.05, 3.63) is 39.9 Å². The Morgan fingerprint density at radius 1 is 1.29 bits per heavy atom. The molecule has 7 nitrogen and oxygen atoms in total. The lowest BCUT2D eigenvalue weighted by Crippen LogP contribution is -2.36. The summed E-state index contributed by atoms with van der Waals surface area (Å²) >= 11 is 0. The summed E-state index contributed by atoms with van der Waals surface area (Å²) in [5.74, 6) is -2.00. The number of hydrogen-bond acceptors (Lipinski definition) is 4. The molecule has 2 unspecified atom stereocenters. The third kappa shape index (κ3) is 3.12. The number of carbonyl (C=O) groups excluding carboxylic acids is 1. The van der Waals surface area contributed by atoms with Crippen LogP contribution in [-0.4, -0.2) is 40.2 Å². The summed E-state index contributed by atoms with van der Waals surface area (Å²) in [6.45, 7) is 3.90. The molecule has 0 spiro atoms. The first-order valence-corrected chi connectivity index (χ1v) is 9.41. The molecular formula is C20H22FN3O4. The van der Waals surface area contributed by atoms with Gasteiger partial charge in [0.1, 0.15) is 11.4 Å². The fourth-order valence-electron chi connectivity index (χ4n) is 4.14. The normalized spacial score (nSPS) is 21.9. The quantitative estimate of drug-likeness (QED) is 0.840. The number of anilines is 1. The Hall–Kier alpha value is -2.90. The maximum Gasteiger partial charge on any atom is 0.341 e. The molecule has 8 heteroatoms. The molecule has 0 radical (unpaired) electrons. The SMILES string of the molecule is CC(=O)NC1CC(C)N(c2cc3c(cc2F)c(=O)c(C(=O)O)cn3C2CC2)C1. The van der Waals surface area contributed by atoms with Crippen LogP contribution in [-0.2, 0) is 4.79 Å². The molecule has 1 aliphatic heterocycles. The molecule has 1 amide bonds. The summed E-state index contributed by atoms with van der Waals surface area (Å²) in [4.78, 5) is 37.2. The maximum atomic E-state index is 15.0. The molecule has 148 valence electrons. The van der Waals surface area contributed by atoms with Crippen molar-refractivity contribution in [3.8, 4) is 0 Å². The zero-order valence-corrected chi connectivity index (χ0v) is 15.7. The van der Waals surface area contributed by atoms with E-state index in [1.54, 1.807) is 10.6 Å². The molecular weight excluding hydrogens is 365 g/mol. The van der Waals surface area contributed by atoms with Gasteiger partial charge in [-0.2, -0.15) is 0 Å². The van der Waals surface area contributed by atoms with Gasteiger partial charge in [-0.3, -0.25) is 9.59 Å². The maximum absolute atomic E-state index is 15.0. The number of carboxylic acid groups (broad SMARTS) is 1. The number of amides is 1. The van der Waals surface area contributed by atoms with Crippen LogP contribution in [0.3, 0.4) is 0 Å². The van der Waals surface area contributed by atoms with E-state index in [4.69, 9.17) is 0 Å². The average Bonchev–Trinajstić information content (AvgIpc) is 3.38. The molecule has 1 saturated heterocycles. The number of benzene rings is 1. The van der Waals surface area contributed by atoms with E-state index in [9.17, 15) is 23.9 Å². The van der Waals surface area contributed by atoms with Gasteiger partial charge in [-0.25, -0.2) is 9.18 Å². The van der Waals surface area contributed by atoms with Crippen molar-refractivity contribution >= 4 is 28.5 Å². The zero-order chi connectivity index (χ0) is 20.2. The first kappa shape index (κ1) is 18.5. The number of nitrogens with zero attached hydrogens (tertiary/aromatic N) is 2. The van der Waals surface area contributed by atoms with Crippen molar-refractivity contribution in [3.63, 3.8) is 0 Å². The van der Waals surface area contributed by atoms with Gasteiger partial charge in [0.2, 0.25) is 11.3 Å². The summed E-state index contributed by atoms with van der Waals surface area (Å²) in [5.41, 5.74) is -0.101. The van der Waals surface area contributed by atoms with Crippen molar-refractivity contribution in [2.75, 3.05) is 11.4 Å². The number of hydrogen-bond donors (Lipinski definition) is 2. The number of aromatic carboxylic acids is 1. The van der Waals surface area contributed by atoms with Crippen LogP contribution >= 0.6 is 0 Å². The van der Waals surface area contributed by atoms with Gasteiger partial charge in [-0.15, -0.1) is 0 Å². The van der Waals surface area contributed by atoms with E-state index in [0.29, 0.717) is 24.2 Å². The molecule has 0 bridgehead atoms. The Kier molecular flexibility index (Phi) is 4.36. The highest BCUT2D eigenvalue weighted by Gasteiger charge is 2.33. The highest BCUT2D eigenvalue weighted by Crippen LogP contribution is 2.38. The van der Waals surface area contributed by atoms with Gasteiger partial charge in [0.05, 0.1) is 11.2 Å². The Labute approximate surface area is 160 Å². The van der Waals surface area contributed by atoms with E-state index in [-0.39, 0.29) is 35.0 Å². The predicted molar refractivity (Wildman–Crippen MR) is 102 cm³/mol. The first-order valence-electron chi connectivity index (χ1n) is 9.41. The molecule has 1 aliphatic carbocycles. The lowest BCUT2D eigenvalue weighted by atomic mass is 10.1. The fraction of sp³-hybridized carbons (Fsp3) is 0.450. The van der Waals surface area contributed by atoms with E-state index in [1.165, 1.54) is 13.1 Å². The molecule has 1 aromatic carbocycles. The minimum absolute atomic E-state index is 0.0168. The summed E-state index contributed by atoms with van der Waals surface area (Å²) in [6, 6.07) is 2.87. The van der Waals surface area contributed by atoms with Crippen LogP contribution in [0.25, 0.3) is 10.9 Å². The lowest BCUT2D eigenvalue weighted by Gasteiger charge is -2.25. The molecule has 2 N–H and O–H groups in total. The molecule has 2 aliphatic rings. The Bertz CT molecular complexity index is 1040. The van der Waals surface area contributed by atoms with E-state index >= 15 is 0 Å². The summed E-state index contributed by atoms with van der Waals surface area (Å²) in [7, 11) is 0. The van der Waals surface area contributed by atoms with Crippen LogP contribution in [0, 0.1) is 5.82 Å². The molecule has 1 aromatic heterocycles. The lowest BCUT2D eigenvalue weighted by molar-refractivity contribution is -0.119. The monoisotopic (exact) mass is 387 g/mol. The standard InChI is InChI=1S/C20H22FN3O4/c1-10-5-12(22-11(2)25)8-23(10)18-7-17-14(6-16(18)21)19(26)15(20(27)28)9-24(17)13-3-4-13/h6-7,9-10,12-13H,3-5,8H2,1-2H3,(H,22,25)(H,27,28). The summed E-state index contributed by atoms with van der Waals surface area (Å²) < 4.78 is 16.8. The van der Waals surface area contributed by atoms with Gasteiger partial charge in [-0.05, 0) is 38.3 Å². The molecule has 2 heterocycles. The molecule has 2 fully saturated rings. The third-order valence-electron chi connectivity index (χ3n) is 5.56. The predicted octanol–water partition coefficient (Wildman–Crippen LogP) is 2.28. The second-order valence-corrected chi connectivity index (χ2v) is 7.77. The Morgan fingerprint density at radius 3 is 2.61 bits per heavy atom.